The lowest BCUT2D eigenvalue weighted by molar-refractivity contribution is 0.141. The summed E-state index contributed by atoms with van der Waals surface area (Å²) in [4.78, 5) is 40.0. The number of rotatable bonds is 5. The number of thiol groups is 1. The second kappa shape index (κ2) is 8.23. The van der Waals surface area contributed by atoms with Crippen LogP contribution in [0.1, 0.15) is 0 Å². The predicted molar refractivity (Wildman–Crippen MR) is 113 cm³/mol. The van der Waals surface area contributed by atoms with Crippen molar-refractivity contribution in [2.45, 2.75) is 6.10 Å². The van der Waals surface area contributed by atoms with E-state index in [0.717, 1.165) is 5.69 Å². The molecule has 2 aliphatic rings. The van der Waals surface area contributed by atoms with Gasteiger partial charge in [-0.05, 0) is 30.3 Å². The predicted octanol–water partition coefficient (Wildman–Crippen LogP) is 3.24. The van der Waals surface area contributed by atoms with Crippen molar-refractivity contribution in [2.24, 2.45) is 0 Å². The van der Waals surface area contributed by atoms with E-state index in [0.29, 0.717) is 18.8 Å². The Morgan fingerprint density at radius 2 is 1.80 bits per heavy atom. The number of cyclic esters (lactones) is 1. The molecule has 8 nitrogen and oxygen atoms in total. The van der Waals surface area contributed by atoms with Crippen LogP contribution in [0.5, 0.6) is 0 Å². The second-order valence-electron chi connectivity index (χ2n) is 6.86. The molecule has 0 saturated carbocycles. The maximum absolute atomic E-state index is 14.9. The van der Waals surface area contributed by atoms with Crippen LogP contribution < -0.4 is 20.0 Å². The van der Waals surface area contributed by atoms with Gasteiger partial charge in [0.1, 0.15) is 11.9 Å². The molecule has 2 aromatic carbocycles. The topological polar surface area (TPSA) is 82.2 Å². The van der Waals surface area contributed by atoms with E-state index in [-0.39, 0.29) is 24.8 Å². The van der Waals surface area contributed by atoms with Gasteiger partial charge in [0, 0.05) is 18.8 Å². The highest BCUT2D eigenvalue weighted by atomic mass is 32.1. The zero-order valence-electron chi connectivity index (χ0n) is 15.8. The lowest BCUT2D eigenvalue weighted by Gasteiger charge is -2.20. The number of carbonyl (C=O) groups is 3. The largest absolute Gasteiger partial charge is 0.442 e. The molecule has 2 fully saturated rings. The van der Waals surface area contributed by atoms with Crippen molar-refractivity contribution in [1.29, 1.82) is 0 Å². The molecule has 0 spiro atoms. The first-order valence-corrected chi connectivity index (χ1v) is 9.77. The lowest BCUT2D eigenvalue weighted by Crippen LogP contribution is -2.33. The highest BCUT2D eigenvalue weighted by Gasteiger charge is 2.35. The first kappa shape index (κ1) is 20.0. The van der Waals surface area contributed by atoms with Crippen LogP contribution in [0.2, 0.25) is 0 Å². The normalized spacial score (nSPS) is 18.7. The summed E-state index contributed by atoms with van der Waals surface area (Å²) in [6, 6.07) is 13.1. The number of anilines is 3. The van der Waals surface area contributed by atoms with Crippen molar-refractivity contribution in [3.8, 4) is 0 Å². The van der Waals surface area contributed by atoms with Gasteiger partial charge >= 0.3 is 12.1 Å². The monoisotopic (exact) mass is 430 g/mol. The summed E-state index contributed by atoms with van der Waals surface area (Å²) in [5.41, 5.74) is 1.21. The van der Waals surface area contributed by atoms with Gasteiger partial charge in [-0.1, -0.05) is 30.8 Å². The van der Waals surface area contributed by atoms with Crippen LogP contribution in [-0.4, -0.2) is 49.6 Å². The molecule has 10 heteroatoms. The third kappa shape index (κ3) is 3.90. The molecular weight excluding hydrogens is 411 g/mol. The molecule has 2 aliphatic heterocycles. The summed E-state index contributed by atoms with van der Waals surface area (Å²) in [5.74, 6) is -0.615. The van der Waals surface area contributed by atoms with Gasteiger partial charge in [-0.15, -0.1) is 0 Å². The molecular formula is C20H19FN4O4S. The first-order chi connectivity index (χ1) is 14.4. The number of para-hydroxylation sites is 1. The molecule has 0 aliphatic carbocycles. The summed E-state index contributed by atoms with van der Waals surface area (Å²) >= 11 is 3.60. The molecule has 4 amide bonds. The van der Waals surface area contributed by atoms with Gasteiger partial charge in [0.05, 0.1) is 24.5 Å². The number of nitrogens with one attached hydrogen (secondary N) is 1. The number of ether oxygens (including phenoxy) is 1. The zero-order chi connectivity index (χ0) is 21.3. The Morgan fingerprint density at radius 3 is 2.50 bits per heavy atom. The van der Waals surface area contributed by atoms with E-state index in [1.807, 2.05) is 30.3 Å². The molecule has 1 atom stereocenters. The van der Waals surface area contributed by atoms with Gasteiger partial charge < -0.3 is 10.1 Å². The van der Waals surface area contributed by atoms with Gasteiger partial charge in [-0.3, -0.25) is 19.5 Å². The Morgan fingerprint density at radius 1 is 1.07 bits per heavy atom. The average molecular weight is 430 g/mol. The number of carbonyl (C=O) groups excluding carboxylic acids is 3. The molecule has 2 aromatic rings. The molecule has 0 aromatic heterocycles. The Bertz CT molecular complexity index is 990. The van der Waals surface area contributed by atoms with Crippen molar-refractivity contribution >= 4 is 47.1 Å². The fraction of sp³-hybridized carbons (Fsp3) is 0.250. The molecule has 0 unspecified atom stereocenters. The minimum Gasteiger partial charge on any atom is -0.442 e. The van der Waals surface area contributed by atoms with E-state index < -0.39 is 23.3 Å². The van der Waals surface area contributed by atoms with Crippen LogP contribution in [0.4, 0.5) is 35.8 Å². The maximum Gasteiger partial charge on any atom is 0.414 e. The fourth-order valence-electron chi connectivity index (χ4n) is 3.53. The standard InChI is InChI=1S/C20H19FN4O4S/c21-16-10-14(25-12-15(29-20(25)28)11-22-18(26)30)6-7-17(16)24-9-8-23(19(24)27)13-4-2-1-3-5-13/h1-7,10,15H,8-9,11-12H2,(H2,22,26,30)/t15-/m0/s1. The lowest BCUT2D eigenvalue weighted by atomic mass is 10.2. The van der Waals surface area contributed by atoms with Gasteiger partial charge in [-0.2, -0.15) is 0 Å². The SMILES string of the molecule is O=C(S)NC[C@H]1CN(c2ccc(N3CCN(c4ccccc4)C3=O)c(F)c2)C(=O)O1. The van der Waals surface area contributed by atoms with Gasteiger partial charge in [0.25, 0.3) is 5.24 Å². The summed E-state index contributed by atoms with van der Waals surface area (Å²) in [6.07, 6.45) is -1.19. The van der Waals surface area contributed by atoms with E-state index >= 15 is 0 Å². The van der Waals surface area contributed by atoms with Crippen molar-refractivity contribution in [1.82, 2.24) is 5.32 Å². The first-order valence-electron chi connectivity index (χ1n) is 9.32. The number of halogens is 1. The Labute approximate surface area is 177 Å². The molecule has 4 rings (SSSR count). The highest BCUT2D eigenvalue weighted by Crippen LogP contribution is 2.31. The number of hydrogen-bond acceptors (Lipinski definition) is 4. The number of amides is 4. The Kier molecular flexibility index (Phi) is 5.49. The van der Waals surface area contributed by atoms with Crippen molar-refractivity contribution in [2.75, 3.05) is 40.9 Å². The summed E-state index contributed by atoms with van der Waals surface area (Å²) in [7, 11) is 0. The van der Waals surface area contributed by atoms with Crippen LogP contribution >= 0.6 is 12.6 Å². The fourth-order valence-corrected chi connectivity index (χ4v) is 3.62. The average Bonchev–Trinajstić information content (AvgIpc) is 3.29. The van der Waals surface area contributed by atoms with E-state index in [2.05, 4.69) is 17.9 Å². The maximum atomic E-state index is 14.9. The quantitative estimate of drug-likeness (QED) is 0.714. The van der Waals surface area contributed by atoms with Crippen molar-refractivity contribution < 1.29 is 23.5 Å². The summed E-state index contributed by atoms with van der Waals surface area (Å²) in [6.45, 7) is 1.07. The van der Waals surface area contributed by atoms with E-state index in [4.69, 9.17) is 4.74 Å². The van der Waals surface area contributed by atoms with E-state index in [1.165, 1.54) is 21.9 Å². The van der Waals surface area contributed by atoms with Crippen LogP contribution in [0.3, 0.4) is 0 Å². The van der Waals surface area contributed by atoms with Gasteiger partial charge in [0.15, 0.2) is 0 Å². The van der Waals surface area contributed by atoms with Crippen LogP contribution in [0.25, 0.3) is 0 Å². The third-order valence-electron chi connectivity index (χ3n) is 4.97. The molecule has 1 N–H and O–H groups in total. The smallest absolute Gasteiger partial charge is 0.414 e. The van der Waals surface area contributed by atoms with Crippen molar-refractivity contribution in [3.05, 3.63) is 54.3 Å². The number of urea groups is 1. The molecule has 156 valence electrons. The molecule has 0 radical (unpaired) electrons. The Hall–Kier alpha value is -3.27. The van der Waals surface area contributed by atoms with Gasteiger partial charge in [-0.25, -0.2) is 14.0 Å². The minimum absolute atomic E-state index is 0.114. The molecule has 2 saturated heterocycles. The molecule has 0 bridgehead atoms. The highest BCUT2D eigenvalue weighted by molar-refractivity contribution is 7.96. The van der Waals surface area contributed by atoms with Crippen LogP contribution in [0, 0.1) is 5.82 Å². The molecule has 2 heterocycles. The Balaban J connectivity index is 1.48. The second-order valence-corrected chi connectivity index (χ2v) is 7.27. The summed E-state index contributed by atoms with van der Waals surface area (Å²) < 4.78 is 20.1. The van der Waals surface area contributed by atoms with Gasteiger partial charge in [0.2, 0.25) is 0 Å². The number of hydrogen-bond donors (Lipinski definition) is 2. The van der Waals surface area contributed by atoms with Crippen molar-refractivity contribution in [3.63, 3.8) is 0 Å². The molecule has 30 heavy (non-hydrogen) atoms. The number of benzene rings is 2. The van der Waals surface area contributed by atoms with E-state index in [1.54, 1.807) is 11.0 Å². The summed E-state index contributed by atoms with van der Waals surface area (Å²) in [5, 5.41) is 1.93. The number of nitrogens with zero attached hydrogens (tertiary/aromatic N) is 3. The van der Waals surface area contributed by atoms with Crippen LogP contribution in [-0.2, 0) is 4.74 Å². The zero-order valence-corrected chi connectivity index (χ0v) is 16.7. The van der Waals surface area contributed by atoms with E-state index in [9.17, 15) is 18.8 Å². The minimum atomic E-state index is -0.631. The third-order valence-corrected chi connectivity index (χ3v) is 5.12. The van der Waals surface area contributed by atoms with Crippen LogP contribution in [0.15, 0.2) is 48.5 Å².